The third-order valence-electron chi connectivity index (χ3n) is 3.03. The zero-order valence-corrected chi connectivity index (χ0v) is 11.7. The van der Waals surface area contributed by atoms with Crippen molar-refractivity contribution in [3.05, 3.63) is 41.0 Å². The number of carbonyl (C=O) groups excluding carboxylic acids is 1. The van der Waals surface area contributed by atoms with E-state index in [4.69, 9.17) is 0 Å². The molecule has 0 radical (unpaired) electrons. The van der Waals surface area contributed by atoms with E-state index < -0.39 is 0 Å². The molecule has 1 aliphatic heterocycles. The van der Waals surface area contributed by atoms with E-state index >= 15 is 0 Å². The number of amides is 1. The topological polar surface area (TPSA) is 61.4 Å². The van der Waals surface area contributed by atoms with Crippen LogP contribution in [0.4, 0.5) is 0 Å². The van der Waals surface area contributed by atoms with Gasteiger partial charge in [0, 0.05) is 13.1 Å². The van der Waals surface area contributed by atoms with Gasteiger partial charge >= 0.3 is 0 Å². The second-order valence-corrected chi connectivity index (χ2v) is 4.52. The van der Waals surface area contributed by atoms with Gasteiger partial charge in [0.25, 0.3) is 5.91 Å². The Bertz CT molecular complexity index is 486. The lowest BCUT2D eigenvalue weighted by atomic mass is 10.1. The molecule has 0 bridgehead atoms. The first kappa shape index (κ1) is 15.5. The molecule has 0 unspecified atom stereocenters. The van der Waals surface area contributed by atoms with E-state index in [1.807, 2.05) is 6.92 Å². The first-order valence-corrected chi connectivity index (χ1v) is 6.13. The minimum atomic E-state index is -0.226. The molecule has 104 valence electrons. The third kappa shape index (κ3) is 4.26. The summed E-state index contributed by atoms with van der Waals surface area (Å²) in [6, 6.07) is 5.02. The molecule has 0 spiro atoms. The Morgan fingerprint density at radius 3 is 2.95 bits per heavy atom. The van der Waals surface area contributed by atoms with E-state index in [9.17, 15) is 9.90 Å². The van der Waals surface area contributed by atoms with Crippen LogP contribution in [0.3, 0.4) is 0 Å². The molecule has 0 fully saturated rings. The summed E-state index contributed by atoms with van der Waals surface area (Å²) in [4.78, 5) is 11.9. The van der Waals surface area contributed by atoms with E-state index in [-0.39, 0.29) is 24.1 Å². The summed E-state index contributed by atoms with van der Waals surface area (Å²) in [7, 11) is 0. The average molecular weight is 283 g/mol. The highest BCUT2D eigenvalue weighted by Crippen LogP contribution is 2.18. The van der Waals surface area contributed by atoms with Gasteiger partial charge in [-0.25, -0.2) is 0 Å². The highest BCUT2D eigenvalue weighted by atomic mass is 35.5. The molecule has 19 heavy (non-hydrogen) atoms. The molecular weight excluding hydrogens is 264 g/mol. The number of phenolic OH excluding ortho intramolecular Hbond substituents is 1. The van der Waals surface area contributed by atoms with Crippen molar-refractivity contribution < 1.29 is 9.90 Å². The van der Waals surface area contributed by atoms with Gasteiger partial charge in [-0.3, -0.25) is 4.79 Å². The van der Waals surface area contributed by atoms with Crippen LogP contribution in [0.15, 0.2) is 29.8 Å². The molecule has 1 aliphatic rings. The smallest absolute Gasteiger partial charge is 0.255 e. The Morgan fingerprint density at radius 1 is 1.47 bits per heavy atom. The molecule has 0 aromatic heterocycles. The predicted molar refractivity (Wildman–Crippen MR) is 78.0 cm³/mol. The van der Waals surface area contributed by atoms with Crippen molar-refractivity contribution in [3.63, 3.8) is 0 Å². The fourth-order valence-electron chi connectivity index (χ4n) is 1.95. The van der Waals surface area contributed by atoms with Crippen molar-refractivity contribution in [3.8, 4) is 5.75 Å². The van der Waals surface area contributed by atoms with Crippen LogP contribution in [-0.2, 0) is 0 Å². The van der Waals surface area contributed by atoms with Crippen LogP contribution >= 0.6 is 12.4 Å². The summed E-state index contributed by atoms with van der Waals surface area (Å²) in [5, 5.41) is 15.7. The molecule has 0 aliphatic carbocycles. The second-order valence-electron chi connectivity index (χ2n) is 4.52. The average Bonchev–Trinajstić information content (AvgIpc) is 2.40. The summed E-state index contributed by atoms with van der Waals surface area (Å²) in [6.07, 6.45) is 3.06. The van der Waals surface area contributed by atoms with Crippen molar-refractivity contribution in [1.29, 1.82) is 0 Å². The van der Waals surface area contributed by atoms with E-state index in [1.54, 1.807) is 18.2 Å². The lowest BCUT2D eigenvalue weighted by molar-refractivity contribution is 0.0954. The van der Waals surface area contributed by atoms with Gasteiger partial charge in [-0.1, -0.05) is 23.3 Å². The van der Waals surface area contributed by atoms with Crippen LogP contribution in [0.25, 0.3) is 0 Å². The number of nitrogens with one attached hydrogen (secondary N) is 2. The Kier molecular flexibility index (Phi) is 5.86. The van der Waals surface area contributed by atoms with Gasteiger partial charge in [0.1, 0.15) is 5.75 Å². The molecule has 2 rings (SSSR count). The summed E-state index contributed by atoms with van der Waals surface area (Å²) in [5.74, 6) is -0.201. The van der Waals surface area contributed by atoms with Gasteiger partial charge < -0.3 is 15.7 Å². The molecule has 4 nitrogen and oxygen atoms in total. The van der Waals surface area contributed by atoms with Crippen molar-refractivity contribution in [2.75, 3.05) is 19.6 Å². The lowest BCUT2D eigenvalue weighted by Crippen LogP contribution is -2.29. The van der Waals surface area contributed by atoms with Crippen LogP contribution in [0.5, 0.6) is 5.75 Å². The van der Waals surface area contributed by atoms with E-state index in [2.05, 4.69) is 16.7 Å². The number of carbonyl (C=O) groups is 1. The predicted octanol–water partition coefficient (Wildman–Crippen LogP) is 1.77. The molecule has 0 saturated carbocycles. The van der Waals surface area contributed by atoms with Gasteiger partial charge in [0.2, 0.25) is 0 Å². The molecule has 0 saturated heterocycles. The summed E-state index contributed by atoms with van der Waals surface area (Å²) in [5.41, 5.74) is 2.53. The summed E-state index contributed by atoms with van der Waals surface area (Å²) < 4.78 is 0. The first-order valence-electron chi connectivity index (χ1n) is 6.13. The molecule has 1 aromatic carbocycles. The van der Waals surface area contributed by atoms with E-state index in [0.29, 0.717) is 12.1 Å². The number of aryl methyl sites for hydroxylation is 1. The highest BCUT2D eigenvalue weighted by Gasteiger charge is 2.11. The van der Waals surface area contributed by atoms with Gasteiger partial charge in [-0.15, -0.1) is 12.4 Å². The van der Waals surface area contributed by atoms with Crippen molar-refractivity contribution >= 4 is 18.3 Å². The molecule has 5 heteroatoms. The number of benzene rings is 1. The van der Waals surface area contributed by atoms with Crippen LogP contribution in [-0.4, -0.2) is 30.6 Å². The highest BCUT2D eigenvalue weighted by molar-refractivity contribution is 5.97. The zero-order valence-electron chi connectivity index (χ0n) is 10.9. The minimum absolute atomic E-state index is 0. The largest absolute Gasteiger partial charge is 0.507 e. The molecule has 3 N–H and O–H groups in total. The summed E-state index contributed by atoms with van der Waals surface area (Å²) >= 11 is 0. The molecule has 1 amide bonds. The Balaban J connectivity index is 0.00000180. The van der Waals surface area contributed by atoms with Gasteiger partial charge in [-0.05, 0) is 32.0 Å². The van der Waals surface area contributed by atoms with Crippen LogP contribution < -0.4 is 10.6 Å². The summed E-state index contributed by atoms with van der Waals surface area (Å²) in [6.45, 7) is 4.26. The first-order chi connectivity index (χ1) is 8.66. The fraction of sp³-hybridized carbons (Fsp3) is 0.357. The van der Waals surface area contributed by atoms with E-state index in [0.717, 1.165) is 25.1 Å². The number of aromatic hydroxyl groups is 1. The maximum Gasteiger partial charge on any atom is 0.255 e. The minimum Gasteiger partial charge on any atom is -0.507 e. The molecule has 1 aromatic rings. The third-order valence-corrected chi connectivity index (χ3v) is 3.03. The normalized spacial score (nSPS) is 14.3. The number of halogens is 1. The van der Waals surface area contributed by atoms with E-state index in [1.165, 1.54) is 5.57 Å². The Labute approximate surface area is 119 Å². The second kappa shape index (κ2) is 7.16. The molecule has 1 heterocycles. The standard InChI is InChI=1S/C14H18N2O2.ClH/c1-10-2-3-13(17)12(8-10)14(18)16-9-11-4-6-15-7-5-11;/h2-4,8,15,17H,5-7,9H2,1H3,(H,16,18);1H. The SMILES string of the molecule is Cc1ccc(O)c(C(=O)NCC2=CCNCC2)c1.Cl. The van der Waals surface area contributed by atoms with Crippen molar-refractivity contribution in [2.24, 2.45) is 0 Å². The zero-order chi connectivity index (χ0) is 13.0. The Hall–Kier alpha value is -1.52. The number of hydrogen-bond acceptors (Lipinski definition) is 3. The quantitative estimate of drug-likeness (QED) is 0.741. The monoisotopic (exact) mass is 282 g/mol. The molecule has 0 atom stereocenters. The van der Waals surface area contributed by atoms with Gasteiger partial charge in [0.15, 0.2) is 0 Å². The Morgan fingerprint density at radius 2 is 2.26 bits per heavy atom. The maximum absolute atomic E-state index is 11.9. The molecular formula is C14H19ClN2O2. The fourth-order valence-corrected chi connectivity index (χ4v) is 1.95. The van der Waals surface area contributed by atoms with Gasteiger partial charge in [-0.2, -0.15) is 0 Å². The van der Waals surface area contributed by atoms with Crippen LogP contribution in [0, 0.1) is 6.92 Å². The van der Waals surface area contributed by atoms with Gasteiger partial charge in [0.05, 0.1) is 5.56 Å². The maximum atomic E-state index is 11.9. The van der Waals surface area contributed by atoms with Crippen molar-refractivity contribution in [2.45, 2.75) is 13.3 Å². The van der Waals surface area contributed by atoms with Crippen LogP contribution in [0.2, 0.25) is 0 Å². The lowest BCUT2D eigenvalue weighted by Gasteiger charge is -2.15. The van der Waals surface area contributed by atoms with Crippen LogP contribution in [0.1, 0.15) is 22.3 Å². The number of phenols is 1. The number of rotatable bonds is 3. The van der Waals surface area contributed by atoms with Crippen molar-refractivity contribution in [1.82, 2.24) is 10.6 Å². The number of hydrogen-bond donors (Lipinski definition) is 3.